The molecule has 8 nitrogen and oxygen atoms in total. The van der Waals surface area contributed by atoms with E-state index < -0.39 is 20.0 Å². The van der Waals surface area contributed by atoms with Crippen molar-refractivity contribution in [3.63, 3.8) is 0 Å². The Morgan fingerprint density at radius 2 is 1.02 bits per heavy atom. The molecule has 0 bridgehead atoms. The molecule has 0 radical (unpaired) electrons. The molecule has 1 amide bonds. The van der Waals surface area contributed by atoms with Crippen LogP contribution in [0, 0.1) is 0 Å². The second-order valence-corrected chi connectivity index (χ2v) is 17.9. The number of aliphatic hydroxyl groups is 1. The summed E-state index contributed by atoms with van der Waals surface area (Å²) in [4.78, 5) is 22.6. The van der Waals surface area contributed by atoms with Crippen molar-refractivity contribution in [3.05, 3.63) is 36.5 Å². The number of likely N-dealkylation sites (N-methyl/N-ethyl adjacent to an activating group) is 1. The molecule has 3 N–H and O–H groups in total. The summed E-state index contributed by atoms with van der Waals surface area (Å²) < 4.78 is 23.2. The fourth-order valence-corrected chi connectivity index (χ4v) is 6.98. The van der Waals surface area contributed by atoms with Gasteiger partial charge in [-0.2, -0.15) is 0 Å². The van der Waals surface area contributed by atoms with Crippen molar-refractivity contribution in [2.24, 2.45) is 0 Å². The van der Waals surface area contributed by atoms with Gasteiger partial charge in [0.2, 0.25) is 5.91 Å². The standard InChI is InChI=1S/C45H87N2O6P/c1-6-8-10-11-12-13-14-15-16-17-18-19-20-21-22-23-24-25-26-27-28-29-30-31-32-33-34-35-37-38-44(48)43(46-45(49)39-36-9-7-2)42-53-54(50,51)52-41-40-47(3,4)5/h28-29,32-33,37-38,43-44,48H,6-27,30-31,34-36,39-42H2,1-5H3,(H-,46,49,50,51)/p+1/b29-28+,33-32+,38-37+. The molecule has 0 aromatic rings. The number of nitrogens with one attached hydrogen (secondary N) is 1. The third-order valence-electron chi connectivity index (χ3n) is 9.84. The van der Waals surface area contributed by atoms with Crippen molar-refractivity contribution in [2.45, 2.75) is 206 Å². The number of carbonyl (C=O) groups excluding carboxylic acids is 1. The molecule has 318 valence electrons. The van der Waals surface area contributed by atoms with Crippen LogP contribution in [-0.2, 0) is 18.4 Å². The van der Waals surface area contributed by atoms with Gasteiger partial charge in [0.25, 0.3) is 0 Å². The Kier molecular flexibility index (Phi) is 36.4. The first-order chi connectivity index (χ1) is 26.0. The molecule has 9 heteroatoms. The molecule has 0 aliphatic heterocycles. The second kappa shape index (κ2) is 37.3. The average Bonchev–Trinajstić information content (AvgIpc) is 3.12. The highest BCUT2D eigenvalue weighted by Crippen LogP contribution is 2.43. The van der Waals surface area contributed by atoms with Gasteiger partial charge in [-0.1, -0.05) is 179 Å². The smallest absolute Gasteiger partial charge is 0.387 e. The zero-order chi connectivity index (χ0) is 40.0. The van der Waals surface area contributed by atoms with Crippen molar-refractivity contribution in [1.29, 1.82) is 0 Å². The number of rotatable bonds is 40. The number of hydrogen-bond acceptors (Lipinski definition) is 5. The van der Waals surface area contributed by atoms with Crippen LogP contribution in [0.3, 0.4) is 0 Å². The molecule has 0 spiro atoms. The normalized spacial score (nSPS) is 14.7. The Balaban J connectivity index is 3.99. The summed E-state index contributed by atoms with van der Waals surface area (Å²) in [5.41, 5.74) is 0. The van der Waals surface area contributed by atoms with Crippen LogP contribution in [0.15, 0.2) is 36.5 Å². The van der Waals surface area contributed by atoms with Gasteiger partial charge in [0.05, 0.1) is 39.9 Å². The van der Waals surface area contributed by atoms with E-state index in [1.807, 2.05) is 27.2 Å². The molecule has 0 aromatic heterocycles. The third kappa shape index (κ3) is 39.0. The van der Waals surface area contributed by atoms with Crippen LogP contribution in [0.1, 0.15) is 194 Å². The van der Waals surface area contributed by atoms with Crippen molar-refractivity contribution >= 4 is 13.7 Å². The zero-order valence-electron chi connectivity index (χ0n) is 36.0. The summed E-state index contributed by atoms with van der Waals surface area (Å²) >= 11 is 0. The number of hydrogen-bond donors (Lipinski definition) is 3. The third-order valence-corrected chi connectivity index (χ3v) is 10.8. The number of unbranched alkanes of at least 4 members (excludes halogenated alkanes) is 23. The summed E-state index contributed by atoms with van der Waals surface area (Å²) in [5.74, 6) is -0.217. The first-order valence-electron chi connectivity index (χ1n) is 22.4. The summed E-state index contributed by atoms with van der Waals surface area (Å²) in [7, 11) is 1.54. The average molecular weight is 784 g/mol. The molecule has 3 atom stereocenters. The monoisotopic (exact) mass is 784 g/mol. The Labute approximate surface area is 334 Å². The molecule has 0 rings (SSSR count). The van der Waals surface area contributed by atoms with Gasteiger partial charge < -0.3 is 19.8 Å². The molecular formula is C45H88N2O6P+. The van der Waals surface area contributed by atoms with Crippen molar-refractivity contribution in [2.75, 3.05) is 40.9 Å². The minimum Gasteiger partial charge on any atom is -0.387 e. The van der Waals surface area contributed by atoms with Crippen LogP contribution in [0.25, 0.3) is 0 Å². The number of amides is 1. The molecule has 0 aromatic carbocycles. The Morgan fingerprint density at radius 3 is 1.48 bits per heavy atom. The van der Waals surface area contributed by atoms with Crippen LogP contribution in [0.2, 0.25) is 0 Å². The number of aliphatic hydroxyl groups excluding tert-OH is 1. The molecule has 0 fully saturated rings. The molecule has 0 saturated heterocycles. The SMILES string of the molecule is CCCCCCCCCCCCCCCCCCCCC/C=C/CC/C=C/CC/C=C/C(O)C(COP(=O)(O)OCC[N+](C)(C)C)NC(=O)CCCCC. The first kappa shape index (κ1) is 52.7. The van der Waals surface area contributed by atoms with Crippen LogP contribution in [0.5, 0.6) is 0 Å². The van der Waals surface area contributed by atoms with Gasteiger partial charge in [-0.3, -0.25) is 13.8 Å². The minimum atomic E-state index is -4.33. The topological polar surface area (TPSA) is 105 Å². The maximum atomic E-state index is 12.5. The van der Waals surface area contributed by atoms with E-state index in [0.717, 1.165) is 44.9 Å². The van der Waals surface area contributed by atoms with Gasteiger partial charge in [0.15, 0.2) is 0 Å². The van der Waals surface area contributed by atoms with E-state index in [0.29, 0.717) is 17.4 Å². The highest BCUT2D eigenvalue weighted by molar-refractivity contribution is 7.47. The lowest BCUT2D eigenvalue weighted by Crippen LogP contribution is -2.45. The molecule has 0 heterocycles. The Hall–Kier alpha value is -1.28. The van der Waals surface area contributed by atoms with Crippen LogP contribution in [0.4, 0.5) is 0 Å². The van der Waals surface area contributed by atoms with Crippen LogP contribution >= 0.6 is 7.82 Å². The molecule has 54 heavy (non-hydrogen) atoms. The van der Waals surface area contributed by atoms with E-state index in [2.05, 4.69) is 43.5 Å². The summed E-state index contributed by atoms with van der Waals surface area (Å²) in [6.45, 7) is 4.60. The van der Waals surface area contributed by atoms with E-state index in [1.54, 1.807) is 6.08 Å². The fourth-order valence-electron chi connectivity index (χ4n) is 6.25. The van der Waals surface area contributed by atoms with Gasteiger partial charge >= 0.3 is 7.82 Å². The van der Waals surface area contributed by atoms with Crippen LogP contribution < -0.4 is 5.32 Å². The first-order valence-corrected chi connectivity index (χ1v) is 23.9. The number of carbonyl (C=O) groups is 1. The summed E-state index contributed by atoms with van der Waals surface area (Å²) in [6.07, 6.45) is 46.2. The number of phosphoric acid groups is 1. The van der Waals surface area contributed by atoms with Gasteiger partial charge in [-0.15, -0.1) is 0 Å². The second-order valence-electron chi connectivity index (χ2n) is 16.4. The van der Waals surface area contributed by atoms with Crippen LogP contribution in [-0.4, -0.2) is 73.4 Å². The molecule has 0 aliphatic carbocycles. The van der Waals surface area contributed by atoms with Crippen molar-refractivity contribution in [3.8, 4) is 0 Å². The van der Waals surface area contributed by atoms with Gasteiger partial charge in [-0.25, -0.2) is 4.57 Å². The van der Waals surface area contributed by atoms with Gasteiger partial charge in [0.1, 0.15) is 13.2 Å². The lowest BCUT2D eigenvalue weighted by molar-refractivity contribution is -0.870. The largest absolute Gasteiger partial charge is 0.472 e. The van der Waals surface area contributed by atoms with Crippen molar-refractivity contribution in [1.82, 2.24) is 5.32 Å². The molecule has 3 unspecified atom stereocenters. The molecule has 0 saturated carbocycles. The Morgan fingerprint density at radius 1 is 0.611 bits per heavy atom. The predicted octanol–water partition coefficient (Wildman–Crippen LogP) is 12.3. The quantitative estimate of drug-likeness (QED) is 0.0247. The number of nitrogens with zero attached hydrogens (tertiary/aromatic N) is 1. The molecule has 0 aliphatic rings. The summed E-state index contributed by atoms with van der Waals surface area (Å²) in [6, 6.07) is -0.862. The van der Waals surface area contributed by atoms with Gasteiger partial charge in [-0.05, 0) is 44.9 Å². The van der Waals surface area contributed by atoms with E-state index >= 15 is 0 Å². The van der Waals surface area contributed by atoms with Gasteiger partial charge in [0, 0.05) is 6.42 Å². The predicted molar refractivity (Wildman–Crippen MR) is 231 cm³/mol. The maximum Gasteiger partial charge on any atom is 0.472 e. The van der Waals surface area contributed by atoms with E-state index in [4.69, 9.17) is 9.05 Å². The lowest BCUT2D eigenvalue weighted by atomic mass is 10.0. The number of quaternary nitrogens is 1. The van der Waals surface area contributed by atoms with Crippen molar-refractivity contribution < 1.29 is 32.9 Å². The summed E-state index contributed by atoms with van der Waals surface area (Å²) in [5, 5.41) is 13.6. The minimum absolute atomic E-state index is 0.0528. The van der Waals surface area contributed by atoms with E-state index in [1.165, 1.54) is 128 Å². The fraction of sp³-hybridized carbons (Fsp3) is 0.844. The van der Waals surface area contributed by atoms with E-state index in [9.17, 15) is 19.4 Å². The van der Waals surface area contributed by atoms with E-state index in [-0.39, 0.29) is 19.1 Å². The zero-order valence-corrected chi connectivity index (χ0v) is 36.9. The Bertz CT molecular complexity index is 980. The highest BCUT2D eigenvalue weighted by Gasteiger charge is 2.27. The number of phosphoric ester groups is 1. The number of allylic oxidation sites excluding steroid dienone is 5. The molecular weight excluding hydrogens is 695 g/mol. The highest BCUT2D eigenvalue weighted by atomic mass is 31.2. The lowest BCUT2D eigenvalue weighted by Gasteiger charge is -2.25. The maximum absolute atomic E-state index is 12.5.